The predicted octanol–water partition coefficient (Wildman–Crippen LogP) is 4.83. The monoisotopic (exact) mass is 469 g/mol. The van der Waals surface area contributed by atoms with Crippen LogP contribution in [-0.2, 0) is 16.2 Å². The van der Waals surface area contributed by atoms with E-state index in [1.807, 2.05) is 0 Å². The van der Waals surface area contributed by atoms with Crippen molar-refractivity contribution < 1.29 is 24.0 Å². The minimum atomic E-state index is -0.455. The number of methoxy groups -OCH3 is 1. The number of nitro benzene ring substituents is 1. The molecule has 0 aliphatic carbocycles. The Morgan fingerprint density at radius 3 is 2.48 bits per heavy atom. The Hall–Kier alpha value is -4.11. The summed E-state index contributed by atoms with van der Waals surface area (Å²) in [6.45, 7) is -0.0413. The maximum Gasteiger partial charge on any atom is 0.269 e. The van der Waals surface area contributed by atoms with Crippen molar-refractivity contribution in [3.8, 4) is 11.5 Å². The minimum Gasteiger partial charge on any atom is -0.493 e. The van der Waals surface area contributed by atoms with Gasteiger partial charge < -0.3 is 19.6 Å². The van der Waals surface area contributed by atoms with E-state index in [0.717, 1.165) is 5.56 Å². The predicted molar refractivity (Wildman–Crippen MR) is 124 cm³/mol. The third-order valence-corrected chi connectivity index (χ3v) is 4.58. The molecule has 0 spiro atoms. The van der Waals surface area contributed by atoms with Crippen LogP contribution in [0.25, 0.3) is 0 Å². The van der Waals surface area contributed by atoms with E-state index in [1.54, 1.807) is 54.6 Å². The molecule has 3 rings (SSSR count). The van der Waals surface area contributed by atoms with Gasteiger partial charge in [0.15, 0.2) is 18.1 Å². The van der Waals surface area contributed by atoms with E-state index in [2.05, 4.69) is 10.5 Å². The number of ether oxygens (including phenoxy) is 2. The molecule has 0 atom stereocenters. The molecule has 33 heavy (non-hydrogen) atoms. The minimum absolute atomic E-state index is 0.0182. The van der Waals surface area contributed by atoms with E-state index < -0.39 is 4.92 Å². The lowest BCUT2D eigenvalue weighted by Crippen LogP contribution is -2.16. The van der Waals surface area contributed by atoms with Crippen LogP contribution in [0.2, 0.25) is 5.02 Å². The molecule has 3 aromatic rings. The van der Waals surface area contributed by atoms with Crippen LogP contribution in [0.15, 0.2) is 71.9 Å². The second-order valence-electron chi connectivity index (χ2n) is 6.69. The van der Waals surface area contributed by atoms with Crippen molar-refractivity contribution in [2.45, 2.75) is 6.61 Å². The van der Waals surface area contributed by atoms with Gasteiger partial charge in [0.05, 0.1) is 18.2 Å². The lowest BCUT2D eigenvalue weighted by Gasteiger charge is -2.11. The molecule has 170 valence electrons. The number of carbonyl (C=O) groups is 1. The topological polar surface area (TPSA) is 112 Å². The zero-order valence-corrected chi connectivity index (χ0v) is 18.3. The molecule has 1 amide bonds. The first kappa shape index (κ1) is 23.6. The molecule has 0 saturated heterocycles. The van der Waals surface area contributed by atoms with E-state index in [4.69, 9.17) is 25.9 Å². The highest BCUT2D eigenvalue weighted by atomic mass is 35.5. The molecule has 9 nitrogen and oxygen atoms in total. The lowest BCUT2D eigenvalue weighted by atomic mass is 10.2. The molecule has 0 bridgehead atoms. The molecular formula is C23H20ClN3O6. The van der Waals surface area contributed by atoms with Crippen molar-refractivity contribution in [2.75, 3.05) is 19.0 Å². The SMILES string of the molecule is COc1cc(C=NOCC(=O)Nc2ccc(Cl)cc2)ccc1OCc1ccc([N+](=O)[O-])cc1. The van der Waals surface area contributed by atoms with E-state index in [0.29, 0.717) is 27.8 Å². The number of nitrogens with one attached hydrogen (secondary N) is 1. The molecule has 0 fully saturated rings. The van der Waals surface area contributed by atoms with Crippen molar-refractivity contribution in [2.24, 2.45) is 5.16 Å². The molecule has 0 radical (unpaired) electrons. The van der Waals surface area contributed by atoms with Crippen LogP contribution in [0.4, 0.5) is 11.4 Å². The highest BCUT2D eigenvalue weighted by molar-refractivity contribution is 6.30. The van der Waals surface area contributed by atoms with Gasteiger partial charge in [-0.1, -0.05) is 16.8 Å². The fraction of sp³-hybridized carbons (Fsp3) is 0.130. The zero-order valence-electron chi connectivity index (χ0n) is 17.6. The molecule has 0 unspecified atom stereocenters. The smallest absolute Gasteiger partial charge is 0.269 e. The number of nitro groups is 1. The number of oxime groups is 1. The Morgan fingerprint density at radius 1 is 1.09 bits per heavy atom. The van der Waals surface area contributed by atoms with Gasteiger partial charge in [-0.25, -0.2) is 0 Å². The Bertz CT molecular complexity index is 1130. The van der Waals surface area contributed by atoms with Gasteiger partial charge in [0, 0.05) is 28.4 Å². The summed E-state index contributed by atoms with van der Waals surface area (Å²) in [5, 5.41) is 17.8. The summed E-state index contributed by atoms with van der Waals surface area (Å²) in [5.74, 6) is 0.611. The van der Waals surface area contributed by atoms with Crippen molar-refractivity contribution in [3.05, 3.63) is 93.0 Å². The Kier molecular flexibility index (Phi) is 8.20. The fourth-order valence-electron chi connectivity index (χ4n) is 2.68. The molecule has 0 saturated carbocycles. The fourth-order valence-corrected chi connectivity index (χ4v) is 2.81. The Balaban J connectivity index is 1.51. The second kappa shape index (κ2) is 11.5. The molecule has 0 aromatic heterocycles. The summed E-state index contributed by atoms with van der Waals surface area (Å²) in [6, 6.07) is 18.0. The molecule has 3 aromatic carbocycles. The molecular weight excluding hydrogens is 450 g/mol. The first-order valence-corrected chi connectivity index (χ1v) is 10.1. The maximum atomic E-state index is 11.9. The highest BCUT2D eigenvalue weighted by Crippen LogP contribution is 2.28. The van der Waals surface area contributed by atoms with E-state index >= 15 is 0 Å². The standard InChI is InChI=1S/C23H20ClN3O6/c1-31-22-12-17(13-25-33-15-23(28)26-19-7-5-18(24)6-8-19)4-11-21(22)32-14-16-2-9-20(10-3-16)27(29)30/h2-13H,14-15H2,1H3,(H,26,28). The summed E-state index contributed by atoms with van der Waals surface area (Å²) >= 11 is 5.81. The summed E-state index contributed by atoms with van der Waals surface area (Å²) < 4.78 is 11.1. The van der Waals surface area contributed by atoms with Crippen molar-refractivity contribution in [1.29, 1.82) is 0 Å². The van der Waals surface area contributed by atoms with Gasteiger partial charge in [0.25, 0.3) is 11.6 Å². The number of non-ortho nitro benzene ring substituents is 1. The zero-order chi connectivity index (χ0) is 23.6. The third kappa shape index (κ3) is 7.22. The van der Waals surface area contributed by atoms with Crippen molar-refractivity contribution >= 4 is 35.1 Å². The van der Waals surface area contributed by atoms with Gasteiger partial charge in [0.2, 0.25) is 0 Å². The number of anilines is 1. The molecule has 10 heteroatoms. The molecule has 0 heterocycles. The van der Waals surface area contributed by atoms with Crippen LogP contribution in [0.5, 0.6) is 11.5 Å². The number of benzene rings is 3. The average Bonchev–Trinajstić information content (AvgIpc) is 2.82. The van der Waals surface area contributed by atoms with E-state index in [-0.39, 0.29) is 24.8 Å². The van der Waals surface area contributed by atoms with Crippen molar-refractivity contribution in [3.63, 3.8) is 0 Å². The normalized spacial score (nSPS) is 10.6. The van der Waals surface area contributed by atoms with Crippen LogP contribution in [0.3, 0.4) is 0 Å². The van der Waals surface area contributed by atoms with Gasteiger partial charge in [0.1, 0.15) is 6.61 Å². The summed E-state index contributed by atoms with van der Waals surface area (Å²) in [5.41, 5.74) is 2.07. The van der Waals surface area contributed by atoms with Crippen LogP contribution >= 0.6 is 11.6 Å². The van der Waals surface area contributed by atoms with Gasteiger partial charge in [-0.2, -0.15) is 0 Å². The van der Waals surface area contributed by atoms with E-state index in [9.17, 15) is 14.9 Å². The van der Waals surface area contributed by atoms with Gasteiger partial charge >= 0.3 is 0 Å². The van der Waals surface area contributed by atoms with Gasteiger partial charge in [-0.3, -0.25) is 14.9 Å². The van der Waals surface area contributed by atoms with Crippen LogP contribution in [0.1, 0.15) is 11.1 Å². The highest BCUT2D eigenvalue weighted by Gasteiger charge is 2.08. The summed E-state index contributed by atoms with van der Waals surface area (Å²) in [6.07, 6.45) is 1.44. The molecule has 1 N–H and O–H groups in total. The van der Waals surface area contributed by atoms with Crippen molar-refractivity contribution in [1.82, 2.24) is 0 Å². The van der Waals surface area contributed by atoms with Gasteiger partial charge in [-0.15, -0.1) is 0 Å². The second-order valence-corrected chi connectivity index (χ2v) is 7.12. The number of halogens is 1. The first-order valence-electron chi connectivity index (χ1n) is 9.69. The number of hydrogen-bond donors (Lipinski definition) is 1. The number of amides is 1. The molecule has 0 aliphatic heterocycles. The first-order chi connectivity index (χ1) is 15.9. The quantitative estimate of drug-likeness (QED) is 0.258. The summed E-state index contributed by atoms with van der Waals surface area (Å²) in [4.78, 5) is 27.2. The van der Waals surface area contributed by atoms with E-state index in [1.165, 1.54) is 25.5 Å². The number of nitrogens with zero attached hydrogens (tertiary/aromatic N) is 2. The number of rotatable bonds is 10. The third-order valence-electron chi connectivity index (χ3n) is 4.33. The Morgan fingerprint density at radius 2 is 1.82 bits per heavy atom. The summed E-state index contributed by atoms with van der Waals surface area (Å²) in [7, 11) is 1.51. The van der Waals surface area contributed by atoms with Gasteiger partial charge in [-0.05, 0) is 60.2 Å². The number of carbonyl (C=O) groups excluding carboxylic acids is 1. The maximum absolute atomic E-state index is 11.9. The van der Waals surface area contributed by atoms with Crippen LogP contribution in [-0.4, -0.2) is 30.8 Å². The number of hydrogen-bond acceptors (Lipinski definition) is 7. The van der Waals surface area contributed by atoms with Crippen LogP contribution in [0, 0.1) is 10.1 Å². The molecule has 0 aliphatic rings. The lowest BCUT2D eigenvalue weighted by molar-refractivity contribution is -0.384. The average molecular weight is 470 g/mol. The Labute approximate surface area is 194 Å². The largest absolute Gasteiger partial charge is 0.493 e. The van der Waals surface area contributed by atoms with Crippen LogP contribution < -0.4 is 14.8 Å².